The summed E-state index contributed by atoms with van der Waals surface area (Å²) in [5.41, 5.74) is 1.92. The fourth-order valence-electron chi connectivity index (χ4n) is 3.53. The first-order valence-corrected chi connectivity index (χ1v) is 11.4. The molecule has 0 radical (unpaired) electrons. The average molecular weight is 486 g/mol. The zero-order valence-corrected chi connectivity index (χ0v) is 19.4. The number of thiophene rings is 1. The van der Waals surface area contributed by atoms with Gasteiger partial charge in [-0.05, 0) is 38.1 Å². The summed E-state index contributed by atoms with van der Waals surface area (Å²) in [4.78, 5) is 42.9. The summed E-state index contributed by atoms with van der Waals surface area (Å²) in [7, 11) is 0. The summed E-state index contributed by atoms with van der Waals surface area (Å²) >= 11 is 7.42. The molecule has 170 valence electrons. The van der Waals surface area contributed by atoms with Crippen molar-refractivity contribution in [3.63, 3.8) is 0 Å². The smallest absolute Gasteiger partial charge is 0.339 e. The predicted octanol–water partition coefficient (Wildman–Crippen LogP) is 4.29. The number of halogens is 1. The van der Waals surface area contributed by atoms with Crippen LogP contribution in [0.4, 0.5) is 4.79 Å². The highest BCUT2D eigenvalue weighted by molar-refractivity contribution is 7.19. The van der Waals surface area contributed by atoms with E-state index in [0.29, 0.717) is 26.5 Å². The molecule has 1 atom stereocenters. The van der Waals surface area contributed by atoms with Gasteiger partial charge in [0.15, 0.2) is 0 Å². The predicted molar refractivity (Wildman–Crippen MR) is 125 cm³/mol. The van der Waals surface area contributed by atoms with Crippen molar-refractivity contribution in [2.45, 2.75) is 19.9 Å². The van der Waals surface area contributed by atoms with Crippen LogP contribution in [-0.2, 0) is 14.3 Å². The number of hydrogen-bond acceptors (Lipinski definition) is 7. The van der Waals surface area contributed by atoms with Crippen LogP contribution >= 0.6 is 22.9 Å². The number of hydrogen-bond donors (Lipinski definition) is 2. The molecule has 1 aliphatic heterocycles. The lowest BCUT2D eigenvalue weighted by molar-refractivity contribution is -0.139. The molecule has 0 bridgehead atoms. The first-order chi connectivity index (χ1) is 15.9. The number of nitrogens with one attached hydrogen (secondary N) is 2. The van der Waals surface area contributed by atoms with Gasteiger partial charge >= 0.3 is 18.0 Å². The van der Waals surface area contributed by atoms with E-state index in [9.17, 15) is 14.4 Å². The second-order valence-corrected chi connectivity index (χ2v) is 8.90. The minimum atomic E-state index is -0.617. The third-order valence-corrected chi connectivity index (χ3v) is 6.23. The maximum atomic E-state index is 13.1. The van der Waals surface area contributed by atoms with E-state index in [4.69, 9.17) is 21.1 Å². The second kappa shape index (κ2) is 9.60. The maximum absolute atomic E-state index is 13.1. The lowest BCUT2D eigenvalue weighted by atomic mass is 10.0. The molecule has 8 nitrogen and oxygen atoms in total. The lowest BCUT2D eigenvalue weighted by Crippen LogP contribution is -2.50. The Balaban J connectivity index is 1.66. The normalized spacial score (nSPS) is 15.7. The number of benzene rings is 1. The monoisotopic (exact) mass is 485 g/mol. The highest BCUT2D eigenvalue weighted by Gasteiger charge is 2.30. The van der Waals surface area contributed by atoms with Crippen molar-refractivity contribution < 1.29 is 23.9 Å². The number of urea groups is 1. The van der Waals surface area contributed by atoms with E-state index in [1.165, 1.54) is 11.3 Å². The molecule has 3 aromatic rings. The van der Waals surface area contributed by atoms with Crippen LogP contribution in [0.5, 0.6) is 0 Å². The molecule has 33 heavy (non-hydrogen) atoms. The summed E-state index contributed by atoms with van der Waals surface area (Å²) < 4.78 is 11.2. The van der Waals surface area contributed by atoms with Crippen LogP contribution in [0.15, 0.2) is 53.7 Å². The third-order valence-electron chi connectivity index (χ3n) is 4.97. The summed E-state index contributed by atoms with van der Waals surface area (Å²) in [5, 5.41) is 5.77. The van der Waals surface area contributed by atoms with Crippen LogP contribution < -0.4 is 10.6 Å². The van der Waals surface area contributed by atoms with Gasteiger partial charge in [-0.15, -0.1) is 11.3 Å². The molecule has 2 amide bonds. The molecule has 0 aliphatic carbocycles. The molecule has 10 heteroatoms. The van der Waals surface area contributed by atoms with Crippen LogP contribution in [0.3, 0.4) is 0 Å². The molecule has 0 saturated carbocycles. The summed E-state index contributed by atoms with van der Waals surface area (Å²) in [6.45, 7) is 3.21. The van der Waals surface area contributed by atoms with Crippen molar-refractivity contribution in [1.29, 1.82) is 0 Å². The zero-order valence-electron chi connectivity index (χ0n) is 17.8. The largest absolute Gasteiger partial charge is 0.463 e. The number of carbonyl (C=O) groups is 3. The van der Waals surface area contributed by atoms with Crippen molar-refractivity contribution in [3.05, 3.63) is 63.6 Å². The van der Waals surface area contributed by atoms with E-state index >= 15 is 0 Å². The van der Waals surface area contributed by atoms with E-state index in [2.05, 4.69) is 15.6 Å². The molecular weight excluding hydrogens is 466 g/mol. The minimum Gasteiger partial charge on any atom is -0.463 e. The minimum absolute atomic E-state index is 0.175. The summed E-state index contributed by atoms with van der Waals surface area (Å²) in [6, 6.07) is 11.4. The molecule has 0 fully saturated rings. The van der Waals surface area contributed by atoms with Crippen molar-refractivity contribution >= 4 is 51.8 Å². The number of esters is 2. The third kappa shape index (κ3) is 4.84. The van der Waals surface area contributed by atoms with Crippen molar-refractivity contribution in [2.75, 3.05) is 13.2 Å². The Labute approximate surface area is 198 Å². The zero-order chi connectivity index (χ0) is 23.5. The molecule has 2 aromatic heterocycles. The average Bonchev–Trinajstić information content (AvgIpc) is 3.22. The molecule has 1 aromatic carbocycles. The van der Waals surface area contributed by atoms with E-state index in [0.717, 1.165) is 4.88 Å². The first kappa shape index (κ1) is 22.8. The topological polar surface area (TPSA) is 107 Å². The van der Waals surface area contributed by atoms with Crippen LogP contribution in [0, 0.1) is 0 Å². The Morgan fingerprint density at radius 2 is 1.94 bits per heavy atom. The van der Waals surface area contributed by atoms with Gasteiger partial charge in [0.05, 0.1) is 49.9 Å². The summed E-state index contributed by atoms with van der Waals surface area (Å²) in [6.07, 6.45) is 0. The van der Waals surface area contributed by atoms with Gasteiger partial charge in [-0.3, -0.25) is 0 Å². The van der Waals surface area contributed by atoms with Gasteiger partial charge < -0.3 is 20.1 Å². The number of amides is 2. The molecule has 0 saturated heterocycles. The van der Waals surface area contributed by atoms with E-state index in [1.807, 2.05) is 12.1 Å². The van der Waals surface area contributed by atoms with Crippen LogP contribution in [0.25, 0.3) is 21.5 Å². The molecule has 0 spiro atoms. The Bertz CT molecular complexity index is 1290. The van der Waals surface area contributed by atoms with Gasteiger partial charge in [-0.2, -0.15) is 0 Å². The van der Waals surface area contributed by atoms with Crippen LogP contribution in [0.1, 0.15) is 24.2 Å². The van der Waals surface area contributed by atoms with Gasteiger partial charge in [0.1, 0.15) is 6.61 Å². The number of fused-ring (bicyclic) bond motifs is 1. The Morgan fingerprint density at radius 3 is 2.67 bits per heavy atom. The number of nitrogens with zero attached hydrogens (tertiary/aromatic N) is 1. The van der Waals surface area contributed by atoms with Crippen LogP contribution in [0.2, 0.25) is 4.34 Å². The number of carbonyl (C=O) groups excluding carboxylic acids is 3. The van der Waals surface area contributed by atoms with E-state index < -0.39 is 24.0 Å². The lowest BCUT2D eigenvalue weighted by Gasteiger charge is -2.26. The summed E-state index contributed by atoms with van der Waals surface area (Å²) in [5.74, 6) is -1.21. The van der Waals surface area contributed by atoms with Crippen molar-refractivity contribution in [3.8, 4) is 10.6 Å². The van der Waals surface area contributed by atoms with Gasteiger partial charge in [0, 0.05) is 5.39 Å². The van der Waals surface area contributed by atoms with Crippen molar-refractivity contribution in [2.24, 2.45) is 0 Å². The Morgan fingerprint density at radius 1 is 1.15 bits per heavy atom. The second-order valence-electron chi connectivity index (χ2n) is 7.18. The van der Waals surface area contributed by atoms with Crippen LogP contribution in [-0.4, -0.2) is 42.2 Å². The highest BCUT2D eigenvalue weighted by Crippen LogP contribution is 2.32. The fraction of sp³-hybridized carbons (Fsp3) is 0.217. The van der Waals surface area contributed by atoms with Gasteiger partial charge in [0.25, 0.3) is 0 Å². The number of para-hydroxylation sites is 1. The standard InChI is InChI=1S/C23H20ClN3O5S/c1-3-31-22(29)20-12(2)25-23(30)27-17(20)11-32-21(28)14-10-16(18-8-9-19(24)33-18)26-15-7-5-4-6-13(14)15/h4-10,12H,3,11H2,1-2H3,(H2,25,27,30). The first-order valence-electron chi connectivity index (χ1n) is 10.2. The SMILES string of the molecule is CCOC(=O)C1=C(COC(=O)c2cc(-c3ccc(Cl)s3)nc3ccccc23)NC(=O)NC1C. The quantitative estimate of drug-likeness (QED) is 0.504. The molecule has 3 heterocycles. The molecule has 1 unspecified atom stereocenters. The molecule has 2 N–H and O–H groups in total. The highest BCUT2D eigenvalue weighted by atomic mass is 35.5. The number of aromatic nitrogens is 1. The van der Waals surface area contributed by atoms with E-state index in [-0.39, 0.29) is 24.5 Å². The number of rotatable bonds is 6. The Kier molecular flexibility index (Phi) is 6.62. The molecular formula is C23H20ClN3O5S. The van der Waals surface area contributed by atoms with Gasteiger partial charge in [-0.25, -0.2) is 19.4 Å². The number of pyridine rings is 1. The van der Waals surface area contributed by atoms with Crippen molar-refractivity contribution in [1.82, 2.24) is 15.6 Å². The number of ether oxygens (including phenoxy) is 2. The van der Waals surface area contributed by atoms with E-state index in [1.54, 1.807) is 44.2 Å². The maximum Gasteiger partial charge on any atom is 0.339 e. The molecule has 4 rings (SSSR count). The molecule has 1 aliphatic rings. The Hall–Kier alpha value is -3.43. The fourth-order valence-corrected chi connectivity index (χ4v) is 4.53. The van der Waals surface area contributed by atoms with Gasteiger partial charge in [-0.1, -0.05) is 29.8 Å². The van der Waals surface area contributed by atoms with Gasteiger partial charge in [0.2, 0.25) is 0 Å².